The normalized spacial score (nSPS) is 21.3. The first-order valence-electron chi connectivity index (χ1n) is 11.4. The number of carbonyl (C=O) groups is 1. The van der Waals surface area contributed by atoms with Crippen LogP contribution in [0.5, 0.6) is 5.88 Å². The van der Waals surface area contributed by atoms with Gasteiger partial charge < -0.3 is 9.30 Å². The van der Waals surface area contributed by atoms with Crippen LogP contribution in [0.4, 0.5) is 5.69 Å². The molecule has 3 atom stereocenters. The summed E-state index contributed by atoms with van der Waals surface area (Å²) in [5.41, 5.74) is 3.72. The Morgan fingerprint density at radius 3 is 2.66 bits per heavy atom. The van der Waals surface area contributed by atoms with Gasteiger partial charge in [-0.1, -0.05) is 30.7 Å². The minimum atomic E-state index is -0.385. The summed E-state index contributed by atoms with van der Waals surface area (Å²) in [7, 11) is 3.25. The minimum absolute atomic E-state index is 0.0609. The van der Waals surface area contributed by atoms with E-state index in [-0.39, 0.29) is 29.3 Å². The van der Waals surface area contributed by atoms with E-state index in [0.717, 1.165) is 0 Å². The van der Waals surface area contributed by atoms with Gasteiger partial charge in [0.25, 0.3) is 11.5 Å². The molecule has 1 aliphatic heterocycles. The van der Waals surface area contributed by atoms with Crippen LogP contribution in [0.3, 0.4) is 0 Å². The third-order valence-electron chi connectivity index (χ3n) is 6.80. The molecular formula is C26H26ClN5O3. The molecule has 8 nitrogen and oxygen atoms in total. The summed E-state index contributed by atoms with van der Waals surface area (Å²) in [5.74, 6) is 0.257. The predicted molar refractivity (Wildman–Crippen MR) is 134 cm³/mol. The lowest BCUT2D eigenvalue weighted by atomic mass is 9.82. The molecule has 1 aliphatic carbocycles. The van der Waals surface area contributed by atoms with E-state index in [1.54, 1.807) is 49.1 Å². The van der Waals surface area contributed by atoms with Crippen LogP contribution < -0.4 is 15.2 Å². The smallest absolute Gasteiger partial charge is 0.262 e. The standard InChI is InChI=1S/C26H26ClN5O3/c1-14-11-17(27)8-9-19(14)23-22-21(16(3)32(29-22)20-7-6-10-28-24(20)35-5)26(34)31(23)18-12-15(2)25(33)30(4)13-18/h6-14,19,23H,1-5H3/t14?,19?,23-/m1/s1. The fraction of sp³-hybridized carbons (Fsp3) is 0.308. The van der Waals surface area contributed by atoms with E-state index in [2.05, 4.69) is 11.9 Å². The third kappa shape index (κ3) is 3.60. The highest BCUT2D eigenvalue weighted by molar-refractivity contribution is 6.31. The van der Waals surface area contributed by atoms with Gasteiger partial charge in [-0.25, -0.2) is 9.67 Å². The Morgan fingerprint density at radius 1 is 1.20 bits per heavy atom. The predicted octanol–water partition coefficient (Wildman–Crippen LogP) is 4.24. The number of hydrogen-bond acceptors (Lipinski definition) is 5. The van der Waals surface area contributed by atoms with Crippen LogP contribution in [-0.2, 0) is 7.05 Å². The number of hydrogen-bond donors (Lipinski definition) is 0. The Hall–Kier alpha value is -3.65. The minimum Gasteiger partial charge on any atom is -0.479 e. The second kappa shape index (κ2) is 8.53. The molecule has 2 unspecified atom stereocenters. The van der Waals surface area contributed by atoms with Crippen LogP contribution in [0.2, 0.25) is 0 Å². The van der Waals surface area contributed by atoms with Crippen LogP contribution in [0.15, 0.2) is 58.6 Å². The SMILES string of the molecule is COc1ncccc1-n1nc2c(c1C)C(=O)N(c1cc(C)c(=O)n(C)c1)[C@@H]2C1C=CC(Cl)=CC1C. The molecule has 0 saturated carbocycles. The average molecular weight is 492 g/mol. The highest BCUT2D eigenvalue weighted by atomic mass is 35.5. The van der Waals surface area contributed by atoms with Crippen LogP contribution in [0, 0.1) is 25.7 Å². The zero-order valence-electron chi connectivity index (χ0n) is 20.2. The maximum absolute atomic E-state index is 14.0. The molecule has 5 rings (SSSR count). The number of fused-ring (bicyclic) bond motifs is 1. The largest absolute Gasteiger partial charge is 0.479 e. The van der Waals surface area contributed by atoms with Crippen molar-refractivity contribution in [2.45, 2.75) is 26.8 Å². The summed E-state index contributed by atoms with van der Waals surface area (Å²) in [6, 6.07) is 5.05. The van der Waals surface area contributed by atoms with Crippen molar-refractivity contribution >= 4 is 23.2 Å². The van der Waals surface area contributed by atoms with E-state index in [1.165, 1.54) is 4.57 Å². The maximum Gasteiger partial charge on any atom is 0.262 e. The molecule has 1 amide bonds. The Kier molecular flexibility index (Phi) is 5.63. The number of methoxy groups -OCH3 is 1. The Bertz CT molecular complexity index is 1440. The fourth-order valence-corrected chi connectivity index (χ4v) is 5.38. The molecule has 3 aromatic heterocycles. The number of allylic oxidation sites excluding steroid dienone is 3. The number of rotatable bonds is 4. The van der Waals surface area contributed by atoms with Crippen molar-refractivity contribution in [3.63, 3.8) is 0 Å². The molecule has 4 heterocycles. The summed E-state index contributed by atoms with van der Waals surface area (Å²) >= 11 is 6.28. The van der Waals surface area contributed by atoms with Gasteiger partial charge in [0.15, 0.2) is 0 Å². The molecule has 0 saturated heterocycles. The van der Waals surface area contributed by atoms with Gasteiger partial charge in [-0.15, -0.1) is 0 Å². The zero-order valence-corrected chi connectivity index (χ0v) is 20.9. The van der Waals surface area contributed by atoms with Crippen LogP contribution in [0.1, 0.15) is 40.3 Å². The number of carbonyl (C=O) groups excluding carboxylic acids is 1. The van der Waals surface area contributed by atoms with E-state index >= 15 is 0 Å². The fourth-order valence-electron chi connectivity index (χ4n) is 5.11. The van der Waals surface area contributed by atoms with Crippen molar-refractivity contribution in [3.8, 4) is 11.6 Å². The summed E-state index contributed by atoms with van der Waals surface area (Å²) in [6.07, 6.45) is 9.26. The lowest BCUT2D eigenvalue weighted by molar-refractivity contribution is 0.0984. The molecule has 2 aliphatic rings. The monoisotopic (exact) mass is 491 g/mol. The average Bonchev–Trinajstić information content (AvgIpc) is 3.31. The van der Waals surface area contributed by atoms with Crippen molar-refractivity contribution in [2.24, 2.45) is 18.9 Å². The van der Waals surface area contributed by atoms with E-state index in [0.29, 0.717) is 44.8 Å². The first-order valence-corrected chi connectivity index (χ1v) is 11.8. The molecular weight excluding hydrogens is 466 g/mol. The molecule has 0 N–H and O–H groups in total. The number of amides is 1. The molecule has 180 valence electrons. The van der Waals surface area contributed by atoms with Gasteiger partial charge in [0.05, 0.1) is 35.8 Å². The van der Waals surface area contributed by atoms with Gasteiger partial charge in [0.1, 0.15) is 5.69 Å². The van der Waals surface area contributed by atoms with Crippen molar-refractivity contribution in [1.29, 1.82) is 0 Å². The maximum atomic E-state index is 14.0. The number of aryl methyl sites for hydroxylation is 2. The lowest BCUT2D eigenvalue weighted by Crippen LogP contribution is -2.36. The van der Waals surface area contributed by atoms with Crippen molar-refractivity contribution in [2.75, 3.05) is 12.0 Å². The Labute approximate surface area is 208 Å². The molecule has 35 heavy (non-hydrogen) atoms. The first-order chi connectivity index (χ1) is 16.7. The van der Waals surface area contributed by atoms with Crippen LogP contribution in [-0.4, -0.2) is 32.3 Å². The number of nitrogens with zero attached hydrogens (tertiary/aromatic N) is 5. The highest BCUT2D eigenvalue weighted by Gasteiger charge is 2.47. The molecule has 9 heteroatoms. The second-order valence-electron chi connectivity index (χ2n) is 9.05. The van der Waals surface area contributed by atoms with Crippen molar-refractivity contribution in [1.82, 2.24) is 19.3 Å². The van der Waals surface area contributed by atoms with E-state index in [4.69, 9.17) is 21.4 Å². The zero-order chi connectivity index (χ0) is 25.0. The third-order valence-corrected chi connectivity index (χ3v) is 7.06. The highest BCUT2D eigenvalue weighted by Crippen LogP contribution is 2.47. The van der Waals surface area contributed by atoms with Gasteiger partial charge in [0.2, 0.25) is 5.88 Å². The van der Waals surface area contributed by atoms with Gasteiger partial charge >= 0.3 is 0 Å². The van der Waals surface area contributed by atoms with Crippen LogP contribution in [0.25, 0.3) is 5.69 Å². The summed E-state index contributed by atoms with van der Waals surface area (Å²) < 4.78 is 8.69. The van der Waals surface area contributed by atoms with Gasteiger partial charge in [0, 0.05) is 36.0 Å². The second-order valence-corrected chi connectivity index (χ2v) is 9.49. The number of anilines is 1. The molecule has 0 aromatic carbocycles. The number of aromatic nitrogens is 4. The Morgan fingerprint density at radius 2 is 1.97 bits per heavy atom. The topological polar surface area (TPSA) is 82.2 Å². The molecule has 3 aromatic rings. The molecule has 0 fully saturated rings. The summed E-state index contributed by atoms with van der Waals surface area (Å²) in [6.45, 7) is 5.71. The molecule has 0 bridgehead atoms. The summed E-state index contributed by atoms with van der Waals surface area (Å²) in [4.78, 5) is 32.4. The van der Waals surface area contributed by atoms with Crippen LogP contribution >= 0.6 is 11.6 Å². The van der Waals surface area contributed by atoms with Gasteiger partial charge in [-0.05, 0) is 44.0 Å². The first kappa shape index (κ1) is 23.1. The lowest BCUT2D eigenvalue weighted by Gasteiger charge is -2.34. The number of pyridine rings is 2. The molecule has 0 radical (unpaired) electrons. The molecule has 0 spiro atoms. The number of ether oxygens (including phenoxy) is 1. The Balaban J connectivity index is 1.72. The van der Waals surface area contributed by atoms with Gasteiger partial charge in [-0.2, -0.15) is 5.10 Å². The summed E-state index contributed by atoms with van der Waals surface area (Å²) in [5, 5.41) is 5.62. The quantitative estimate of drug-likeness (QED) is 0.545. The van der Waals surface area contributed by atoms with Gasteiger partial charge in [-0.3, -0.25) is 14.5 Å². The van der Waals surface area contributed by atoms with E-state index in [1.807, 2.05) is 37.3 Å². The van der Waals surface area contributed by atoms with Crippen molar-refractivity contribution < 1.29 is 9.53 Å². The number of halogens is 1. The van der Waals surface area contributed by atoms with Crippen molar-refractivity contribution in [3.05, 3.63) is 86.7 Å². The van der Waals surface area contributed by atoms with E-state index < -0.39 is 0 Å². The van der Waals surface area contributed by atoms with E-state index in [9.17, 15) is 9.59 Å².